The molecule has 112 valence electrons. The van der Waals surface area contributed by atoms with Crippen molar-refractivity contribution in [2.45, 2.75) is 19.4 Å². The molecule has 0 fully saturated rings. The summed E-state index contributed by atoms with van der Waals surface area (Å²) in [6, 6.07) is 3.13. The lowest BCUT2D eigenvalue weighted by molar-refractivity contribution is 0.0820. The standard InChI is InChI=1S/C14H22N2O4/c1-14(2,8-18-3)16-13(17)9-6-11(19-4)12(20-5)7-10(9)15/h6-7H,8,15H2,1-5H3,(H,16,17). The van der Waals surface area contributed by atoms with E-state index in [1.54, 1.807) is 19.2 Å². The molecule has 0 aliphatic rings. The third-order valence-corrected chi connectivity index (χ3v) is 2.76. The first-order valence-corrected chi connectivity index (χ1v) is 6.17. The number of hydrogen-bond donors (Lipinski definition) is 2. The Morgan fingerprint density at radius 2 is 1.75 bits per heavy atom. The van der Waals surface area contributed by atoms with Crippen LogP contribution in [0.4, 0.5) is 5.69 Å². The second-order valence-electron chi connectivity index (χ2n) is 5.07. The van der Waals surface area contributed by atoms with E-state index in [1.807, 2.05) is 13.8 Å². The third-order valence-electron chi connectivity index (χ3n) is 2.76. The summed E-state index contributed by atoms with van der Waals surface area (Å²) >= 11 is 0. The predicted molar refractivity (Wildman–Crippen MR) is 77.4 cm³/mol. The van der Waals surface area contributed by atoms with Crippen molar-refractivity contribution < 1.29 is 19.0 Å². The van der Waals surface area contributed by atoms with E-state index in [9.17, 15) is 4.79 Å². The maximum atomic E-state index is 12.3. The molecular formula is C14H22N2O4. The van der Waals surface area contributed by atoms with Gasteiger partial charge >= 0.3 is 0 Å². The molecule has 0 spiro atoms. The highest BCUT2D eigenvalue weighted by molar-refractivity contribution is 6.00. The van der Waals surface area contributed by atoms with E-state index in [4.69, 9.17) is 19.9 Å². The van der Waals surface area contributed by atoms with Crippen LogP contribution in [0, 0.1) is 0 Å². The second kappa shape index (κ2) is 6.47. The van der Waals surface area contributed by atoms with Crippen LogP contribution in [0.2, 0.25) is 0 Å². The molecule has 1 aromatic rings. The van der Waals surface area contributed by atoms with Gasteiger partial charge in [-0.3, -0.25) is 4.79 Å². The molecular weight excluding hydrogens is 260 g/mol. The lowest BCUT2D eigenvalue weighted by Crippen LogP contribution is -2.46. The molecule has 0 aromatic heterocycles. The van der Waals surface area contributed by atoms with Crippen molar-refractivity contribution in [3.05, 3.63) is 17.7 Å². The monoisotopic (exact) mass is 282 g/mol. The van der Waals surface area contributed by atoms with Gasteiger partial charge in [0, 0.05) is 18.9 Å². The van der Waals surface area contributed by atoms with Crippen LogP contribution >= 0.6 is 0 Å². The summed E-state index contributed by atoms with van der Waals surface area (Å²) in [7, 11) is 4.60. The van der Waals surface area contributed by atoms with Crippen LogP contribution in [0.1, 0.15) is 24.2 Å². The minimum absolute atomic E-state index is 0.287. The first-order chi connectivity index (χ1) is 9.34. The fourth-order valence-electron chi connectivity index (χ4n) is 1.86. The van der Waals surface area contributed by atoms with Crippen molar-refractivity contribution in [3.8, 4) is 11.5 Å². The maximum Gasteiger partial charge on any atom is 0.254 e. The summed E-state index contributed by atoms with van der Waals surface area (Å²) in [5.41, 5.74) is 6.06. The fourth-order valence-corrected chi connectivity index (χ4v) is 1.86. The van der Waals surface area contributed by atoms with Crippen molar-refractivity contribution in [2.24, 2.45) is 0 Å². The topological polar surface area (TPSA) is 82.8 Å². The third kappa shape index (κ3) is 3.77. The van der Waals surface area contributed by atoms with Crippen LogP contribution in [0.15, 0.2) is 12.1 Å². The van der Waals surface area contributed by atoms with Gasteiger partial charge < -0.3 is 25.3 Å². The van der Waals surface area contributed by atoms with E-state index < -0.39 is 5.54 Å². The van der Waals surface area contributed by atoms with Gasteiger partial charge in [0.2, 0.25) is 0 Å². The summed E-state index contributed by atoms with van der Waals surface area (Å²) in [6.45, 7) is 4.13. The average molecular weight is 282 g/mol. The van der Waals surface area contributed by atoms with E-state index in [2.05, 4.69) is 5.32 Å². The van der Waals surface area contributed by atoms with Gasteiger partial charge in [0.05, 0.1) is 31.9 Å². The van der Waals surface area contributed by atoms with Gasteiger partial charge in [-0.15, -0.1) is 0 Å². The molecule has 6 heteroatoms. The number of methoxy groups -OCH3 is 3. The van der Waals surface area contributed by atoms with Crippen LogP contribution in [0.25, 0.3) is 0 Å². The van der Waals surface area contributed by atoms with Crippen molar-refractivity contribution in [2.75, 3.05) is 33.7 Å². The molecule has 20 heavy (non-hydrogen) atoms. The molecule has 0 unspecified atom stereocenters. The van der Waals surface area contributed by atoms with Crippen LogP contribution < -0.4 is 20.5 Å². The number of carbonyl (C=O) groups excluding carboxylic acids is 1. The van der Waals surface area contributed by atoms with Gasteiger partial charge in [-0.2, -0.15) is 0 Å². The number of amides is 1. The Kier molecular flexibility index (Phi) is 5.21. The first-order valence-electron chi connectivity index (χ1n) is 6.17. The molecule has 0 saturated heterocycles. The predicted octanol–water partition coefficient (Wildman–Crippen LogP) is 1.44. The van der Waals surface area contributed by atoms with Crippen molar-refractivity contribution in [3.63, 3.8) is 0 Å². The Bertz CT molecular complexity index is 486. The number of nitrogens with one attached hydrogen (secondary N) is 1. The molecule has 0 heterocycles. The van der Waals surface area contributed by atoms with E-state index >= 15 is 0 Å². The van der Waals surface area contributed by atoms with Crippen molar-refractivity contribution >= 4 is 11.6 Å². The normalized spacial score (nSPS) is 11.1. The fraction of sp³-hybridized carbons (Fsp3) is 0.500. The smallest absolute Gasteiger partial charge is 0.254 e. The Hall–Kier alpha value is -1.95. The van der Waals surface area contributed by atoms with Crippen LogP contribution in [0.3, 0.4) is 0 Å². The molecule has 0 atom stereocenters. The minimum Gasteiger partial charge on any atom is -0.493 e. The number of anilines is 1. The Morgan fingerprint density at radius 3 is 2.25 bits per heavy atom. The van der Waals surface area contributed by atoms with Gasteiger partial charge in [-0.05, 0) is 19.9 Å². The van der Waals surface area contributed by atoms with E-state index in [0.29, 0.717) is 29.4 Å². The molecule has 0 saturated carbocycles. The largest absolute Gasteiger partial charge is 0.493 e. The highest BCUT2D eigenvalue weighted by atomic mass is 16.5. The highest BCUT2D eigenvalue weighted by Crippen LogP contribution is 2.32. The SMILES string of the molecule is COCC(C)(C)NC(=O)c1cc(OC)c(OC)cc1N. The van der Waals surface area contributed by atoms with Gasteiger partial charge in [0.15, 0.2) is 11.5 Å². The maximum absolute atomic E-state index is 12.3. The number of nitrogens with two attached hydrogens (primary N) is 1. The van der Waals surface area contributed by atoms with Crippen molar-refractivity contribution in [1.29, 1.82) is 0 Å². The van der Waals surface area contributed by atoms with E-state index in [1.165, 1.54) is 14.2 Å². The summed E-state index contributed by atoms with van der Waals surface area (Å²) < 4.78 is 15.4. The zero-order valence-corrected chi connectivity index (χ0v) is 12.6. The molecule has 0 aliphatic heterocycles. The van der Waals surface area contributed by atoms with Gasteiger partial charge in [0.1, 0.15) is 0 Å². The zero-order chi connectivity index (χ0) is 15.3. The molecule has 3 N–H and O–H groups in total. The van der Waals surface area contributed by atoms with Gasteiger partial charge in [0.25, 0.3) is 5.91 Å². The minimum atomic E-state index is -0.495. The van der Waals surface area contributed by atoms with Gasteiger partial charge in [-0.25, -0.2) is 0 Å². The molecule has 1 amide bonds. The lowest BCUT2D eigenvalue weighted by atomic mass is 10.0. The molecule has 6 nitrogen and oxygen atoms in total. The molecule has 1 aromatic carbocycles. The molecule has 0 aliphatic carbocycles. The highest BCUT2D eigenvalue weighted by Gasteiger charge is 2.23. The molecule has 0 bridgehead atoms. The van der Waals surface area contributed by atoms with Crippen LogP contribution in [-0.2, 0) is 4.74 Å². The Labute approximate surface area is 119 Å². The summed E-state index contributed by atoms with van der Waals surface area (Å²) in [5, 5.41) is 2.86. The summed E-state index contributed by atoms with van der Waals surface area (Å²) in [6.07, 6.45) is 0. The Balaban J connectivity index is 3.04. The first kappa shape index (κ1) is 16.1. The number of ether oxygens (including phenoxy) is 3. The van der Waals surface area contributed by atoms with E-state index in [0.717, 1.165) is 0 Å². The number of benzene rings is 1. The zero-order valence-electron chi connectivity index (χ0n) is 12.6. The molecule has 1 rings (SSSR count). The number of carbonyl (C=O) groups is 1. The van der Waals surface area contributed by atoms with Crippen molar-refractivity contribution in [1.82, 2.24) is 5.32 Å². The number of hydrogen-bond acceptors (Lipinski definition) is 5. The second-order valence-corrected chi connectivity index (χ2v) is 5.07. The summed E-state index contributed by atoms with van der Waals surface area (Å²) in [4.78, 5) is 12.3. The average Bonchev–Trinajstić information content (AvgIpc) is 2.37. The Morgan fingerprint density at radius 1 is 1.20 bits per heavy atom. The quantitative estimate of drug-likeness (QED) is 0.771. The lowest BCUT2D eigenvalue weighted by Gasteiger charge is -2.25. The number of rotatable bonds is 6. The van der Waals surface area contributed by atoms with Gasteiger partial charge in [-0.1, -0.05) is 0 Å². The number of nitrogen functional groups attached to an aromatic ring is 1. The van der Waals surface area contributed by atoms with E-state index in [-0.39, 0.29) is 5.91 Å². The molecule has 0 radical (unpaired) electrons. The van der Waals surface area contributed by atoms with Crippen LogP contribution in [-0.4, -0.2) is 39.4 Å². The summed E-state index contributed by atoms with van der Waals surface area (Å²) in [5.74, 6) is 0.652. The van der Waals surface area contributed by atoms with Crippen LogP contribution in [0.5, 0.6) is 11.5 Å².